The van der Waals surface area contributed by atoms with Crippen LogP contribution in [0.25, 0.3) is 53.8 Å². The van der Waals surface area contributed by atoms with Gasteiger partial charge >= 0.3 is 0 Å². The van der Waals surface area contributed by atoms with Crippen molar-refractivity contribution in [1.82, 2.24) is 4.98 Å². The molecular formula is C48H48N2OS. The number of fused-ring (bicyclic) bond motifs is 2. The van der Waals surface area contributed by atoms with E-state index < -0.39 is 0 Å². The first-order chi connectivity index (χ1) is 24.6. The highest BCUT2D eigenvalue weighted by molar-refractivity contribution is 7.21. The fourth-order valence-corrected chi connectivity index (χ4v) is 7.79. The van der Waals surface area contributed by atoms with Gasteiger partial charge in [0.1, 0.15) is 10.8 Å². The van der Waals surface area contributed by atoms with Gasteiger partial charge in [-0.25, -0.2) is 4.98 Å². The second kappa shape index (κ2) is 13.2. The fourth-order valence-electron chi connectivity index (χ4n) is 6.73. The standard InChI is InChI=1S/C48H48N2OS/c1-46(2,3)35-25-34(44(51)40(27-35)48(7,8)9)29-49-42-37-18-14-13-17-32(37)23-24-38(42)45-50-43-39(26-36(47(4,5)6)28-41(43)52-45)33-21-19-31(20-22-33)30-15-11-10-12-16-30/h10-29,51H,1-9H3. The van der Waals surface area contributed by atoms with E-state index in [0.717, 1.165) is 59.5 Å². The van der Waals surface area contributed by atoms with Crippen LogP contribution in [0.2, 0.25) is 0 Å². The van der Waals surface area contributed by atoms with Crippen molar-refractivity contribution < 1.29 is 5.11 Å². The van der Waals surface area contributed by atoms with E-state index in [1.165, 1.54) is 22.3 Å². The molecule has 0 radical (unpaired) electrons. The SMILES string of the molecule is CC(C)(C)c1cc(C=Nc2c(-c3nc4c(-c5ccc(-c6ccccc6)cc5)cc(C(C)(C)C)cc4s3)ccc3ccccc23)c(O)c(C(C)(C)C)c1. The third kappa shape index (κ3) is 6.92. The van der Waals surface area contributed by atoms with Gasteiger partial charge in [0.2, 0.25) is 0 Å². The average Bonchev–Trinajstić information content (AvgIpc) is 3.54. The van der Waals surface area contributed by atoms with Gasteiger partial charge in [-0.1, -0.05) is 153 Å². The van der Waals surface area contributed by atoms with Crippen molar-refractivity contribution in [2.75, 3.05) is 0 Å². The number of aromatic nitrogens is 1. The molecule has 0 amide bonds. The van der Waals surface area contributed by atoms with Crippen LogP contribution in [0, 0.1) is 0 Å². The van der Waals surface area contributed by atoms with Gasteiger partial charge in [0.15, 0.2) is 0 Å². The zero-order valence-electron chi connectivity index (χ0n) is 31.8. The summed E-state index contributed by atoms with van der Waals surface area (Å²) in [6.45, 7) is 19.9. The van der Waals surface area contributed by atoms with E-state index in [1.54, 1.807) is 11.3 Å². The Labute approximate surface area is 312 Å². The van der Waals surface area contributed by atoms with Crippen molar-refractivity contribution in [2.24, 2.45) is 4.99 Å². The van der Waals surface area contributed by atoms with Crippen LogP contribution in [0.15, 0.2) is 120 Å². The summed E-state index contributed by atoms with van der Waals surface area (Å²) in [6.07, 6.45) is 1.84. The van der Waals surface area contributed by atoms with Gasteiger partial charge in [-0.3, -0.25) is 4.99 Å². The zero-order chi connectivity index (χ0) is 37.0. The molecule has 7 rings (SSSR count). The molecule has 7 aromatic rings. The molecule has 0 fully saturated rings. The van der Waals surface area contributed by atoms with Crippen molar-refractivity contribution in [3.63, 3.8) is 0 Å². The lowest BCUT2D eigenvalue weighted by Crippen LogP contribution is -2.17. The fraction of sp³-hybridized carbons (Fsp3) is 0.250. The molecular weight excluding hydrogens is 653 g/mol. The molecule has 3 nitrogen and oxygen atoms in total. The maximum atomic E-state index is 11.6. The monoisotopic (exact) mass is 700 g/mol. The lowest BCUT2D eigenvalue weighted by atomic mass is 9.79. The van der Waals surface area contributed by atoms with Crippen LogP contribution in [0.4, 0.5) is 5.69 Å². The average molecular weight is 701 g/mol. The molecule has 0 saturated carbocycles. The predicted octanol–water partition coefficient (Wildman–Crippen LogP) is 13.8. The number of hydrogen-bond donors (Lipinski definition) is 1. The van der Waals surface area contributed by atoms with E-state index in [-0.39, 0.29) is 22.0 Å². The van der Waals surface area contributed by atoms with Gasteiger partial charge in [-0.2, -0.15) is 0 Å². The van der Waals surface area contributed by atoms with Gasteiger partial charge < -0.3 is 5.11 Å². The zero-order valence-corrected chi connectivity index (χ0v) is 32.6. The van der Waals surface area contributed by atoms with Gasteiger partial charge in [-0.05, 0) is 73.7 Å². The van der Waals surface area contributed by atoms with E-state index in [0.29, 0.717) is 0 Å². The Morgan fingerprint density at radius 3 is 1.88 bits per heavy atom. The highest BCUT2D eigenvalue weighted by atomic mass is 32.1. The maximum Gasteiger partial charge on any atom is 0.128 e. The Morgan fingerprint density at radius 1 is 0.596 bits per heavy atom. The summed E-state index contributed by atoms with van der Waals surface area (Å²) in [5.41, 5.74) is 11.2. The minimum absolute atomic E-state index is 0.0367. The summed E-state index contributed by atoms with van der Waals surface area (Å²) < 4.78 is 1.15. The summed E-state index contributed by atoms with van der Waals surface area (Å²) in [7, 11) is 0. The van der Waals surface area contributed by atoms with Crippen LogP contribution in [0.3, 0.4) is 0 Å². The molecule has 0 bridgehead atoms. The van der Waals surface area contributed by atoms with E-state index >= 15 is 0 Å². The predicted molar refractivity (Wildman–Crippen MR) is 225 cm³/mol. The van der Waals surface area contributed by atoms with Gasteiger partial charge in [0.25, 0.3) is 0 Å². The Hall–Kier alpha value is -5.06. The molecule has 0 aliphatic carbocycles. The molecule has 262 valence electrons. The van der Waals surface area contributed by atoms with Crippen LogP contribution in [-0.2, 0) is 16.2 Å². The summed E-state index contributed by atoms with van der Waals surface area (Å²) >= 11 is 1.71. The summed E-state index contributed by atoms with van der Waals surface area (Å²) in [4.78, 5) is 10.6. The molecule has 0 aliphatic heterocycles. The molecule has 0 unspecified atom stereocenters. The van der Waals surface area contributed by atoms with Crippen molar-refractivity contribution in [3.05, 3.63) is 138 Å². The van der Waals surface area contributed by atoms with E-state index in [1.807, 2.05) is 6.21 Å². The van der Waals surface area contributed by atoms with E-state index in [2.05, 4.69) is 178 Å². The normalized spacial score (nSPS) is 12.7. The van der Waals surface area contributed by atoms with Gasteiger partial charge in [0.05, 0.1) is 15.9 Å². The van der Waals surface area contributed by atoms with Crippen molar-refractivity contribution in [2.45, 2.75) is 78.6 Å². The molecule has 1 aromatic heterocycles. The minimum Gasteiger partial charge on any atom is -0.507 e. The minimum atomic E-state index is -0.231. The molecule has 6 aromatic carbocycles. The molecule has 1 N–H and O–H groups in total. The Morgan fingerprint density at radius 2 is 1.21 bits per heavy atom. The number of benzene rings is 6. The molecule has 0 saturated heterocycles. The highest BCUT2D eigenvalue weighted by Gasteiger charge is 2.25. The second-order valence-electron chi connectivity index (χ2n) is 17.0. The number of rotatable bonds is 5. The largest absolute Gasteiger partial charge is 0.507 e. The molecule has 1 heterocycles. The Kier molecular flexibility index (Phi) is 8.95. The molecule has 0 spiro atoms. The van der Waals surface area contributed by atoms with Crippen LogP contribution < -0.4 is 0 Å². The molecule has 0 aliphatic rings. The molecule has 4 heteroatoms. The Bertz CT molecular complexity index is 2450. The first kappa shape index (κ1) is 35.3. The molecule has 52 heavy (non-hydrogen) atoms. The van der Waals surface area contributed by atoms with Gasteiger partial charge in [-0.15, -0.1) is 11.3 Å². The van der Waals surface area contributed by atoms with Crippen molar-refractivity contribution in [1.29, 1.82) is 0 Å². The highest BCUT2D eigenvalue weighted by Crippen LogP contribution is 2.44. The number of phenolic OH excluding ortho intramolecular Hbond substituents is 1. The lowest BCUT2D eigenvalue weighted by molar-refractivity contribution is 0.444. The number of hydrogen-bond acceptors (Lipinski definition) is 4. The van der Waals surface area contributed by atoms with Crippen molar-refractivity contribution in [3.8, 4) is 38.6 Å². The quantitative estimate of drug-likeness (QED) is 0.182. The summed E-state index contributed by atoms with van der Waals surface area (Å²) in [6, 6.07) is 40.9. The lowest BCUT2D eigenvalue weighted by Gasteiger charge is -2.27. The Balaban J connectivity index is 1.41. The number of nitrogens with zero attached hydrogens (tertiary/aromatic N) is 2. The summed E-state index contributed by atoms with van der Waals surface area (Å²) in [5, 5.41) is 14.7. The van der Waals surface area contributed by atoms with Crippen LogP contribution >= 0.6 is 11.3 Å². The first-order valence-corrected chi connectivity index (χ1v) is 18.9. The maximum absolute atomic E-state index is 11.6. The van der Waals surface area contributed by atoms with Crippen LogP contribution in [0.5, 0.6) is 5.75 Å². The third-order valence-corrected chi connectivity index (χ3v) is 11.0. The smallest absolute Gasteiger partial charge is 0.128 e. The third-order valence-electron chi connectivity index (χ3n) is 9.94. The van der Waals surface area contributed by atoms with Gasteiger partial charge in [0, 0.05) is 33.9 Å². The van der Waals surface area contributed by atoms with Crippen molar-refractivity contribution >= 4 is 44.2 Å². The number of aliphatic imine (C=N–C) groups is 1. The molecule has 0 atom stereocenters. The number of phenols is 1. The van der Waals surface area contributed by atoms with Crippen LogP contribution in [-0.4, -0.2) is 16.3 Å². The topological polar surface area (TPSA) is 45.5 Å². The number of aromatic hydroxyl groups is 1. The van der Waals surface area contributed by atoms with E-state index in [9.17, 15) is 5.11 Å². The summed E-state index contributed by atoms with van der Waals surface area (Å²) in [5.74, 6) is 0.281. The number of thiazole rings is 1. The second-order valence-corrected chi connectivity index (χ2v) is 18.0. The van der Waals surface area contributed by atoms with Crippen LogP contribution in [0.1, 0.15) is 84.6 Å². The first-order valence-electron chi connectivity index (χ1n) is 18.1. The van der Waals surface area contributed by atoms with E-state index in [4.69, 9.17) is 9.98 Å².